The Kier molecular flexibility index (Phi) is 4.03. The van der Waals surface area contributed by atoms with E-state index in [9.17, 15) is 13.2 Å². The highest BCUT2D eigenvalue weighted by atomic mass is 79.9. The van der Waals surface area contributed by atoms with Gasteiger partial charge in [-0.2, -0.15) is 13.2 Å². The van der Waals surface area contributed by atoms with E-state index in [0.717, 1.165) is 6.07 Å². The Balaban J connectivity index is 2.33. The number of aromatic nitrogens is 3. The summed E-state index contributed by atoms with van der Waals surface area (Å²) in [5, 5.41) is 10.4. The summed E-state index contributed by atoms with van der Waals surface area (Å²) in [6, 6.07) is 3.39. The van der Waals surface area contributed by atoms with E-state index in [-0.39, 0.29) is 5.69 Å². The van der Waals surface area contributed by atoms with Crippen molar-refractivity contribution < 1.29 is 13.2 Å². The fourth-order valence-electron chi connectivity index (χ4n) is 1.87. The molecular weight excluding hydrogens is 337 g/mol. The van der Waals surface area contributed by atoms with Gasteiger partial charge in [-0.15, -0.1) is 10.2 Å². The van der Waals surface area contributed by atoms with Gasteiger partial charge >= 0.3 is 6.18 Å². The van der Waals surface area contributed by atoms with Gasteiger partial charge in [0.05, 0.1) is 11.6 Å². The summed E-state index contributed by atoms with van der Waals surface area (Å²) >= 11 is 3.18. The van der Waals surface area contributed by atoms with Crippen molar-refractivity contribution in [2.24, 2.45) is 7.05 Å². The first-order chi connectivity index (χ1) is 9.29. The van der Waals surface area contributed by atoms with Gasteiger partial charge in [-0.25, -0.2) is 0 Å². The summed E-state index contributed by atoms with van der Waals surface area (Å²) in [7, 11) is 1.74. The average Bonchev–Trinajstić information content (AvgIpc) is 2.73. The van der Waals surface area contributed by atoms with Crippen LogP contribution in [0.4, 0.5) is 18.9 Å². The van der Waals surface area contributed by atoms with E-state index in [2.05, 4.69) is 31.4 Å². The third kappa shape index (κ3) is 3.12. The molecule has 0 amide bonds. The van der Waals surface area contributed by atoms with Gasteiger partial charge in [0.25, 0.3) is 0 Å². The highest BCUT2D eigenvalue weighted by Crippen LogP contribution is 2.37. The normalized spacial score (nSPS) is 13.3. The minimum atomic E-state index is -4.41. The molecule has 2 rings (SSSR count). The summed E-state index contributed by atoms with van der Waals surface area (Å²) in [5.41, 5.74) is -0.711. The molecule has 0 bridgehead atoms. The van der Waals surface area contributed by atoms with E-state index in [0.29, 0.717) is 10.3 Å². The monoisotopic (exact) mass is 348 g/mol. The van der Waals surface area contributed by atoms with E-state index in [1.807, 2.05) is 0 Å². The molecule has 1 atom stereocenters. The van der Waals surface area contributed by atoms with Crippen molar-refractivity contribution in [2.75, 3.05) is 5.32 Å². The molecule has 4 nitrogen and oxygen atoms in total. The van der Waals surface area contributed by atoms with Crippen LogP contribution in [-0.4, -0.2) is 14.8 Å². The lowest BCUT2D eigenvalue weighted by Crippen LogP contribution is -2.16. The summed E-state index contributed by atoms with van der Waals surface area (Å²) < 4.78 is 41.1. The molecule has 2 aromatic rings. The molecule has 1 N–H and O–H groups in total. The number of nitrogens with one attached hydrogen (secondary N) is 1. The lowest BCUT2D eigenvalue weighted by Gasteiger charge is -2.19. The zero-order valence-corrected chi connectivity index (χ0v) is 12.3. The van der Waals surface area contributed by atoms with Crippen LogP contribution in [0.15, 0.2) is 29.0 Å². The van der Waals surface area contributed by atoms with Gasteiger partial charge in [0.1, 0.15) is 6.33 Å². The summed E-state index contributed by atoms with van der Waals surface area (Å²) in [6.45, 7) is 1.73. The quantitative estimate of drug-likeness (QED) is 0.917. The molecule has 1 unspecified atom stereocenters. The minimum Gasteiger partial charge on any atom is -0.375 e. The molecule has 0 radical (unpaired) electrons. The minimum absolute atomic E-state index is 0.00220. The van der Waals surface area contributed by atoms with Gasteiger partial charge in [0, 0.05) is 17.2 Å². The molecule has 0 fully saturated rings. The predicted molar refractivity (Wildman–Crippen MR) is 72.2 cm³/mol. The Morgan fingerprint density at radius 2 is 2.05 bits per heavy atom. The molecule has 0 aliphatic rings. The van der Waals surface area contributed by atoms with Gasteiger partial charge in [0.2, 0.25) is 0 Å². The van der Waals surface area contributed by atoms with Crippen LogP contribution in [0.1, 0.15) is 24.4 Å². The van der Waals surface area contributed by atoms with Gasteiger partial charge in [-0.3, -0.25) is 0 Å². The van der Waals surface area contributed by atoms with Gasteiger partial charge in [-0.05, 0) is 25.1 Å². The molecule has 0 saturated carbocycles. The molecule has 1 aromatic heterocycles. The van der Waals surface area contributed by atoms with E-state index < -0.39 is 17.8 Å². The SMILES string of the molecule is CC(Nc1cc(Br)ccc1C(F)(F)F)c1nncn1C. The van der Waals surface area contributed by atoms with Crippen molar-refractivity contribution in [3.63, 3.8) is 0 Å². The fourth-order valence-corrected chi connectivity index (χ4v) is 2.23. The largest absolute Gasteiger partial charge is 0.418 e. The van der Waals surface area contributed by atoms with E-state index in [4.69, 9.17) is 0 Å². The first-order valence-electron chi connectivity index (χ1n) is 5.76. The number of aryl methyl sites for hydroxylation is 1. The lowest BCUT2D eigenvalue weighted by molar-refractivity contribution is -0.137. The van der Waals surface area contributed by atoms with Crippen LogP contribution in [0.25, 0.3) is 0 Å². The molecule has 0 aliphatic carbocycles. The Morgan fingerprint density at radius 3 is 2.60 bits per heavy atom. The maximum Gasteiger partial charge on any atom is 0.418 e. The molecule has 108 valence electrons. The molecule has 1 heterocycles. The highest BCUT2D eigenvalue weighted by Gasteiger charge is 2.34. The Bertz CT molecular complexity index is 609. The highest BCUT2D eigenvalue weighted by molar-refractivity contribution is 9.10. The zero-order valence-electron chi connectivity index (χ0n) is 10.7. The number of alkyl halides is 3. The molecule has 8 heteroatoms. The fraction of sp³-hybridized carbons (Fsp3) is 0.333. The molecule has 0 saturated heterocycles. The van der Waals surface area contributed by atoms with E-state index in [1.54, 1.807) is 18.5 Å². The molecule has 0 aliphatic heterocycles. The summed E-state index contributed by atoms with van der Waals surface area (Å²) in [4.78, 5) is 0. The molecule has 20 heavy (non-hydrogen) atoms. The van der Waals surface area contributed by atoms with Crippen LogP contribution < -0.4 is 5.32 Å². The Hall–Kier alpha value is -1.57. The standard InChI is InChI=1S/C12H12BrF3N4/c1-7(11-19-17-6-20(11)2)18-10-5-8(13)3-4-9(10)12(14,15)16/h3-7,18H,1-2H3. The second-order valence-corrected chi connectivity index (χ2v) is 5.27. The summed E-state index contributed by atoms with van der Waals surface area (Å²) in [5.74, 6) is 0.554. The van der Waals surface area contributed by atoms with Crippen LogP contribution in [0.2, 0.25) is 0 Å². The maximum absolute atomic E-state index is 13.0. The van der Waals surface area contributed by atoms with Crippen molar-refractivity contribution >= 4 is 21.6 Å². The third-order valence-electron chi connectivity index (χ3n) is 2.79. The smallest absolute Gasteiger partial charge is 0.375 e. The predicted octanol–water partition coefficient (Wildman–Crippen LogP) is 3.77. The number of hydrogen-bond donors (Lipinski definition) is 1. The molecule has 1 aromatic carbocycles. The van der Waals surface area contributed by atoms with E-state index >= 15 is 0 Å². The Labute approximate surface area is 122 Å². The maximum atomic E-state index is 13.0. The van der Waals surface area contributed by atoms with Gasteiger partial charge in [0.15, 0.2) is 5.82 Å². The molecular formula is C12H12BrF3N4. The van der Waals surface area contributed by atoms with Crippen LogP contribution in [0, 0.1) is 0 Å². The second-order valence-electron chi connectivity index (χ2n) is 4.35. The van der Waals surface area contributed by atoms with Crippen molar-refractivity contribution in [3.05, 3.63) is 40.4 Å². The lowest BCUT2D eigenvalue weighted by atomic mass is 10.1. The van der Waals surface area contributed by atoms with Crippen LogP contribution in [0.3, 0.4) is 0 Å². The van der Waals surface area contributed by atoms with Crippen LogP contribution >= 0.6 is 15.9 Å². The third-order valence-corrected chi connectivity index (χ3v) is 3.29. The number of benzene rings is 1. The summed E-state index contributed by atoms with van der Waals surface area (Å²) in [6.07, 6.45) is -2.91. The first kappa shape index (κ1) is 14.8. The van der Waals surface area contributed by atoms with Crippen LogP contribution in [0.5, 0.6) is 0 Å². The number of anilines is 1. The first-order valence-corrected chi connectivity index (χ1v) is 6.55. The number of hydrogen-bond acceptors (Lipinski definition) is 3. The van der Waals surface area contributed by atoms with Gasteiger partial charge < -0.3 is 9.88 Å². The van der Waals surface area contributed by atoms with E-state index in [1.165, 1.54) is 18.5 Å². The number of rotatable bonds is 3. The van der Waals surface area contributed by atoms with Crippen molar-refractivity contribution in [2.45, 2.75) is 19.1 Å². The second kappa shape index (κ2) is 5.43. The zero-order chi connectivity index (χ0) is 14.9. The van der Waals surface area contributed by atoms with Crippen LogP contribution in [-0.2, 0) is 13.2 Å². The number of halogens is 4. The molecule has 0 spiro atoms. The Morgan fingerprint density at radius 1 is 1.35 bits per heavy atom. The van der Waals surface area contributed by atoms with Crippen molar-refractivity contribution in [1.29, 1.82) is 0 Å². The van der Waals surface area contributed by atoms with Crippen molar-refractivity contribution in [1.82, 2.24) is 14.8 Å². The number of nitrogens with zero attached hydrogens (tertiary/aromatic N) is 3. The van der Waals surface area contributed by atoms with Gasteiger partial charge in [-0.1, -0.05) is 15.9 Å². The average molecular weight is 349 g/mol. The topological polar surface area (TPSA) is 42.7 Å². The van der Waals surface area contributed by atoms with Crippen molar-refractivity contribution in [3.8, 4) is 0 Å².